The molecular formula is C15H23NOS. The maximum Gasteiger partial charge on any atom is 0.0673 e. The third kappa shape index (κ3) is 3.74. The van der Waals surface area contributed by atoms with E-state index in [9.17, 15) is 0 Å². The molecule has 3 heteroatoms. The van der Waals surface area contributed by atoms with Gasteiger partial charge in [-0.3, -0.25) is 0 Å². The van der Waals surface area contributed by atoms with Gasteiger partial charge in [0.25, 0.3) is 0 Å². The highest BCUT2D eigenvalue weighted by Crippen LogP contribution is 2.27. The van der Waals surface area contributed by atoms with Gasteiger partial charge < -0.3 is 10.1 Å². The Hall–Kier alpha value is -0.510. The van der Waals surface area contributed by atoms with Crippen molar-refractivity contribution >= 4 is 11.8 Å². The Morgan fingerprint density at radius 1 is 1.44 bits per heavy atom. The van der Waals surface area contributed by atoms with Crippen LogP contribution in [-0.4, -0.2) is 25.0 Å². The highest BCUT2D eigenvalue weighted by Gasteiger charge is 2.21. The van der Waals surface area contributed by atoms with Crippen LogP contribution in [0, 0.1) is 0 Å². The van der Waals surface area contributed by atoms with Crippen LogP contribution >= 0.6 is 11.8 Å². The summed E-state index contributed by atoms with van der Waals surface area (Å²) in [5.74, 6) is 1.07. The van der Waals surface area contributed by atoms with Crippen LogP contribution in [0.3, 0.4) is 0 Å². The van der Waals surface area contributed by atoms with Crippen molar-refractivity contribution in [2.24, 2.45) is 0 Å². The second-order valence-corrected chi connectivity index (χ2v) is 6.13. The van der Waals surface area contributed by atoms with Gasteiger partial charge in [-0.2, -0.15) is 0 Å². The molecule has 1 aromatic rings. The van der Waals surface area contributed by atoms with E-state index in [1.807, 2.05) is 18.8 Å². The van der Waals surface area contributed by atoms with Crippen molar-refractivity contribution in [1.82, 2.24) is 5.32 Å². The van der Waals surface area contributed by atoms with Gasteiger partial charge >= 0.3 is 0 Å². The first-order valence-electron chi connectivity index (χ1n) is 6.74. The van der Waals surface area contributed by atoms with Crippen LogP contribution in [0.4, 0.5) is 0 Å². The van der Waals surface area contributed by atoms with Gasteiger partial charge in [0.2, 0.25) is 0 Å². The Balaban J connectivity index is 1.89. The molecule has 0 aliphatic carbocycles. The van der Waals surface area contributed by atoms with Crippen molar-refractivity contribution < 1.29 is 4.74 Å². The van der Waals surface area contributed by atoms with Crippen molar-refractivity contribution in [3.8, 4) is 0 Å². The van der Waals surface area contributed by atoms with E-state index in [2.05, 4.69) is 43.4 Å². The van der Waals surface area contributed by atoms with Crippen molar-refractivity contribution in [3.63, 3.8) is 0 Å². The number of hydrogen-bond donors (Lipinski definition) is 1. The first-order chi connectivity index (χ1) is 8.69. The summed E-state index contributed by atoms with van der Waals surface area (Å²) in [5, 5.41) is 3.28. The Labute approximate surface area is 114 Å². The van der Waals surface area contributed by atoms with E-state index >= 15 is 0 Å². The zero-order chi connectivity index (χ0) is 13.0. The monoisotopic (exact) mass is 265 g/mol. The quantitative estimate of drug-likeness (QED) is 0.822. The van der Waals surface area contributed by atoms with Crippen molar-refractivity contribution in [2.45, 2.75) is 49.8 Å². The van der Waals surface area contributed by atoms with Crippen LogP contribution in [-0.2, 0) is 4.74 Å². The fourth-order valence-electron chi connectivity index (χ4n) is 2.24. The van der Waals surface area contributed by atoms with E-state index in [1.165, 1.54) is 23.3 Å². The fourth-order valence-corrected chi connectivity index (χ4v) is 3.26. The fraction of sp³-hybridized carbons (Fsp3) is 0.600. The standard InChI is InChI=1S/C15H23NOS/c1-11-7-8-14(17-11)10-18-15-6-4-5-13(9-15)12(2)16-3/h4-6,9,11-12,14,16H,7-8,10H2,1-3H3. The van der Waals surface area contributed by atoms with Crippen molar-refractivity contribution in [1.29, 1.82) is 0 Å². The number of ether oxygens (including phenoxy) is 1. The summed E-state index contributed by atoms with van der Waals surface area (Å²) >= 11 is 1.91. The van der Waals surface area contributed by atoms with Gasteiger partial charge in [-0.1, -0.05) is 12.1 Å². The second kappa shape index (κ2) is 6.60. The molecule has 1 N–H and O–H groups in total. The SMILES string of the molecule is CNC(C)c1cccc(SCC2CCC(C)O2)c1. The highest BCUT2D eigenvalue weighted by atomic mass is 32.2. The molecule has 2 nitrogen and oxygen atoms in total. The number of benzene rings is 1. The van der Waals surface area contributed by atoms with Gasteiger partial charge in [0.05, 0.1) is 12.2 Å². The molecule has 0 amide bonds. The van der Waals surface area contributed by atoms with Crippen LogP contribution in [0.1, 0.15) is 38.3 Å². The van der Waals surface area contributed by atoms with E-state index < -0.39 is 0 Å². The highest BCUT2D eigenvalue weighted by molar-refractivity contribution is 7.99. The van der Waals surface area contributed by atoms with E-state index in [-0.39, 0.29) is 0 Å². The van der Waals surface area contributed by atoms with Gasteiger partial charge in [-0.15, -0.1) is 11.8 Å². The molecule has 1 saturated heterocycles. The van der Waals surface area contributed by atoms with Gasteiger partial charge in [-0.05, 0) is 51.4 Å². The molecule has 100 valence electrons. The molecule has 1 fully saturated rings. The summed E-state index contributed by atoms with van der Waals surface area (Å²) in [5.41, 5.74) is 1.35. The third-order valence-corrected chi connectivity index (χ3v) is 4.67. The van der Waals surface area contributed by atoms with Gasteiger partial charge in [0.15, 0.2) is 0 Å². The molecule has 0 bridgehead atoms. The zero-order valence-corrected chi connectivity index (χ0v) is 12.3. The number of hydrogen-bond acceptors (Lipinski definition) is 3. The largest absolute Gasteiger partial charge is 0.374 e. The third-order valence-electron chi connectivity index (χ3n) is 3.55. The smallest absolute Gasteiger partial charge is 0.0673 e. The summed E-state index contributed by atoms with van der Waals surface area (Å²) in [4.78, 5) is 1.35. The molecule has 3 unspecified atom stereocenters. The van der Waals surface area contributed by atoms with Gasteiger partial charge in [0, 0.05) is 16.7 Å². The van der Waals surface area contributed by atoms with Crippen LogP contribution in [0.2, 0.25) is 0 Å². The Morgan fingerprint density at radius 3 is 2.94 bits per heavy atom. The summed E-state index contributed by atoms with van der Waals surface area (Å²) in [7, 11) is 2.00. The summed E-state index contributed by atoms with van der Waals surface area (Å²) < 4.78 is 5.85. The molecular weight excluding hydrogens is 242 g/mol. The lowest BCUT2D eigenvalue weighted by atomic mass is 10.1. The average molecular weight is 265 g/mol. The van der Waals surface area contributed by atoms with Crippen molar-refractivity contribution in [3.05, 3.63) is 29.8 Å². The minimum atomic E-state index is 0.410. The number of thioether (sulfide) groups is 1. The lowest BCUT2D eigenvalue weighted by molar-refractivity contribution is 0.0700. The molecule has 1 aliphatic rings. The molecule has 1 aromatic carbocycles. The second-order valence-electron chi connectivity index (χ2n) is 5.04. The molecule has 0 spiro atoms. The summed E-state index contributed by atoms with van der Waals surface area (Å²) in [6.45, 7) is 4.35. The topological polar surface area (TPSA) is 21.3 Å². The molecule has 1 heterocycles. The Kier molecular flexibility index (Phi) is 5.10. The predicted molar refractivity (Wildman–Crippen MR) is 78.2 cm³/mol. The van der Waals surface area contributed by atoms with Crippen LogP contribution in [0.5, 0.6) is 0 Å². The molecule has 3 atom stereocenters. The van der Waals surface area contributed by atoms with Crippen LogP contribution in [0.15, 0.2) is 29.2 Å². The van der Waals surface area contributed by atoms with E-state index in [0.717, 1.165) is 5.75 Å². The van der Waals surface area contributed by atoms with E-state index in [0.29, 0.717) is 18.2 Å². The molecule has 0 saturated carbocycles. The Morgan fingerprint density at radius 2 is 2.28 bits per heavy atom. The average Bonchev–Trinajstić information content (AvgIpc) is 2.81. The molecule has 0 aromatic heterocycles. The Bertz CT molecular complexity index is 383. The number of rotatable bonds is 5. The molecule has 0 radical (unpaired) electrons. The molecule has 1 aliphatic heterocycles. The maximum absolute atomic E-state index is 5.85. The first-order valence-corrected chi connectivity index (χ1v) is 7.73. The minimum absolute atomic E-state index is 0.410. The van der Waals surface area contributed by atoms with Crippen molar-refractivity contribution in [2.75, 3.05) is 12.8 Å². The summed E-state index contributed by atoms with van der Waals surface area (Å²) in [6.07, 6.45) is 3.31. The molecule has 2 rings (SSSR count). The summed E-state index contributed by atoms with van der Waals surface area (Å²) in [6, 6.07) is 9.20. The van der Waals surface area contributed by atoms with Crippen LogP contribution < -0.4 is 5.32 Å². The van der Waals surface area contributed by atoms with Gasteiger partial charge in [-0.25, -0.2) is 0 Å². The van der Waals surface area contributed by atoms with E-state index in [1.54, 1.807) is 0 Å². The van der Waals surface area contributed by atoms with Gasteiger partial charge in [0.1, 0.15) is 0 Å². The van der Waals surface area contributed by atoms with Crippen LogP contribution in [0.25, 0.3) is 0 Å². The first kappa shape index (κ1) is 13.9. The number of nitrogens with one attached hydrogen (secondary N) is 1. The predicted octanol–water partition coefficient (Wildman–Crippen LogP) is 3.63. The minimum Gasteiger partial charge on any atom is -0.374 e. The molecule has 18 heavy (non-hydrogen) atoms. The lowest BCUT2D eigenvalue weighted by Gasteiger charge is -2.13. The zero-order valence-electron chi connectivity index (χ0n) is 11.5. The normalized spacial score (nSPS) is 25.3. The van der Waals surface area contributed by atoms with E-state index in [4.69, 9.17) is 4.74 Å². The lowest BCUT2D eigenvalue weighted by Crippen LogP contribution is -2.12. The maximum atomic E-state index is 5.85.